The Hall–Kier alpha value is -2.58. The Labute approximate surface area is 255 Å². The molecule has 3 unspecified atom stereocenters. The minimum atomic E-state index is -0.687. The smallest absolute Gasteiger partial charge is 0.310 e. The normalized spacial score (nSPS) is 27.7. The van der Waals surface area contributed by atoms with Gasteiger partial charge < -0.3 is 19.6 Å². The molecule has 230 valence electrons. The zero-order chi connectivity index (χ0) is 30.4. The molecular weight excluding hydrogens is 548 g/mol. The first-order valence-corrected chi connectivity index (χ1v) is 16.5. The number of aryl methyl sites for hydroxylation is 2. The van der Waals surface area contributed by atoms with E-state index >= 15 is 0 Å². The van der Waals surface area contributed by atoms with Gasteiger partial charge >= 0.3 is 5.97 Å². The highest BCUT2D eigenvalue weighted by molar-refractivity contribution is 8.02. The summed E-state index contributed by atoms with van der Waals surface area (Å²) in [6, 6.07) is 5.40. The van der Waals surface area contributed by atoms with Crippen LogP contribution in [0.3, 0.4) is 0 Å². The number of carbonyl (C=O) groups is 3. The van der Waals surface area contributed by atoms with Crippen LogP contribution in [0.1, 0.15) is 69.4 Å². The molecule has 2 amide bonds. The predicted octanol–water partition coefficient (Wildman–Crippen LogP) is 5.61. The first kappa shape index (κ1) is 32.3. The predicted molar refractivity (Wildman–Crippen MR) is 169 cm³/mol. The van der Waals surface area contributed by atoms with E-state index in [-0.39, 0.29) is 35.6 Å². The summed E-state index contributed by atoms with van der Waals surface area (Å²) in [6.07, 6.45) is 10.1. The lowest BCUT2D eigenvalue weighted by Crippen LogP contribution is -2.57. The van der Waals surface area contributed by atoms with Crippen LogP contribution in [0.25, 0.3) is 0 Å². The number of carbonyl (C=O) groups excluding carboxylic acids is 3. The van der Waals surface area contributed by atoms with Crippen LogP contribution < -0.4 is 4.90 Å². The third kappa shape index (κ3) is 6.07. The number of anilines is 1. The Bertz CT molecular complexity index is 1170. The van der Waals surface area contributed by atoms with Crippen LogP contribution in [0.15, 0.2) is 43.5 Å². The average molecular weight is 597 g/mol. The molecule has 3 fully saturated rings. The summed E-state index contributed by atoms with van der Waals surface area (Å²) in [4.78, 5) is 46.3. The molecule has 3 aliphatic heterocycles. The van der Waals surface area contributed by atoms with E-state index in [4.69, 9.17) is 4.74 Å². The van der Waals surface area contributed by atoms with Crippen LogP contribution in [0.5, 0.6) is 0 Å². The Morgan fingerprint density at radius 3 is 2.62 bits per heavy atom. The van der Waals surface area contributed by atoms with Gasteiger partial charge in [0, 0.05) is 30.6 Å². The second-order valence-corrected chi connectivity index (χ2v) is 13.7. The van der Waals surface area contributed by atoms with Gasteiger partial charge in [0.15, 0.2) is 0 Å². The lowest BCUT2D eigenvalue weighted by atomic mass is 9.66. The second kappa shape index (κ2) is 14.3. The maximum atomic E-state index is 14.8. The van der Waals surface area contributed by atoms with E-state index in [9.17, 15) is 19.5 Å². The second-order valence-electron chi connectivity index (χ2n) is 12.2. The number of fused-ring (bicyclic) bond motifs is 1. The van der Waals surface area contributed by atoms with Gasteiger partial charge in [-0.15, -0.1) is 24.9 Å². The molecule has 6 atom stereocenters. The lowest BCUT2D eigenvalue weighted by Gasteiger charge is -2.40. The van der Waals surface area contributed by atoms with Crippen molar-refractivity contribution in [2.24, 2.45) is 17.8 Å². The number of hydrogen-bond acceptors (Lipinski definition) is 6. The molecule has 8 heteroatoms. The molecular formula is C34H48N2O5S. The fourth-order valence-corrected chi connectivity index (χ4v) is 9.71. The molecule has 42 heavy (non-hydrogen) atoms. The summed E-state index contributed by atoms with van der Waals surface area (Å²) in [5.41, 5.74) is 2.87. The molecule has 0 saturated carbocycles. The van der Waals surface area contributed by atoms with Gasteiger partial charge in [-0.1, -0.05) is 44.1 Å². The molecule has 1 aromatic rings. The van der Waals surface area contributed by atoms with E-state index in [0.29, 0.717) is 19.7 Å². The van der Waals surface area contributed by atoms with Crippen LogP contribution in [0.4, 0.5) is 5.69 Å². The number of unbranched alkanes of at least 4 members (excludes halogenated alkanes) is 5. The number of aliphatic hydroxyl groups excluding tert-OH is 1. The van der Waals surface area contributed by atoms with E-state index in [1.165, 1.54) is 0 Å². The number of esters is 1. The highest BCUT2D eigenvalue weighted by Crippen LogP contribution is 2.68. The van der Waals surface area contributed by atoms with Crippen LogP contribution in [-0.4, -0.2) is 70.1 Å². The van der Waals surface area contributed by atoms with E-state index in [1.807, 2.05) is 38.1 Å². The molecule has 1 aromatic carbocycles. The number of hydrogen-bond donors (Lipinski definition) is 1. The molecule has 3 saturated heterocycles. The van der Waals surface area contributed by atoms with Gasteiger partial charge in [-0.2, -0.15) is 0 Å². The third-order valence-electron chi connectivity index (χ3n) is 9.34. The summed E-state index contributed by atoms with van der Waals surface area (Å²) < 4.78 is 5.08. The molecule has 4 rings (SSSR count). The van der Waals surface area contributed by atoms with Crippen molar-refractivity contribution in [1.82, 2.24) is 4.90 Å². The number of rotatable bonds is 16. The standard InChI is InChI=1S/C34H48N2O5S/c1-6-8-9-14-20-41-33(40)28-27-22-25(5)34(42-27)29(28)31(38)36(18-12-10-11-13-19-37)30(34)32(39)35(17-7-2)26-21-23(3)15-16-24(26)4/h6-7,15-16,21,25,27-30,37H,1-2,8-14,17-20,22H2,3-5H3/t25?,27-,28+,29-,30?,34?/m0/s1. The molecule has 0 radical (unpaired) electrons. The number of benzene rings is 1. The molecule has 1 spiro atoms. The lowest BCUT2D eigenvalue weighted by molar-refractivity contribution is -0.154. The number of aliphatic hydroxyl groups is 1. The fraction of sp³-hybridized carbons (Fsp3) is 0.618. The topological polar surface area (TPSA) is 87.2 Å². The van der Waals surface area contributed by atoms with Gasteiger partial charge in [0.2, 0.25) is 5.91 Å². The van der Waals surface area contributed by atoms with Crippen LogP contribution in [-0.2, 0) is 19.1 Å². The van der Waals surface area contributed by atoms with Crippen molar-refractivity contribution >= 4 is 35.2 Å². The monoisotopic (exact) mass is 596 g/mol. The molecule has 0 aliphatic carbocycles. The summed E-state index contributed by atoms with van der Waals surface area (Å²) in [6.45, 7) is 15.1. The van der Waals surface area contributed by atoms with Gasteiger partial charge in [0.25, 0.3) is 5.91 Å². The quantitative estimate of drug-likeness (QED) is 0.152. The number of ether oxygens (including phenoxy) is 1. The van der Waals surface area contributed by atoms with Gasteiger partial charge in [-0.25, -0.2) is 0 Å². The van der Waals surface area contributed by atoms with Crippen molar-refractivity contribution in [2.75, 3.05) is 31.2 Å². The van der Waals surface area contributed by atoms with E-state index in [2.05, 4.69) is 20.1 Å². The number of allylic oxidation sites excluding steroid dienone is 1. The zero-order valence-corrected chi connectivity index (χ0v) is 26.4. The Morgan fingerprint density at radius 1 is 1.14 bits per heavy atom. The van der Waals surface area contributed by atoms with Crippen molar-refractivity contribution < 1.29 is 24.2 Å². The third-order valence-corrected chi connectivity index (χ3v) is 11.4. The molecule has 1 N–H and O–H groups in total. The van der Waals surface area contributed by atoms with Gasteiger partial charge in [0.05, 0.1) is 23.2 Å². The van der Waals surface area contributed by atoms with Crippen LogP contribution in [0, 0.1) is 31.6 Å². The Balaban J connectivity index is 1.69. The Kier molecular flexibility index (Phi) is 11.0. The molecule has 0 aromatic heterocycles. The van der Waals surface area contributed by atoms with Crippen molar-refractivity contribution in [1.29, 1.82) is 0 Å². The maximum absolute atomic E-state index is 14.8. The summed E-state index contributed by atoms with van der Waals surface area (Å²) >= 11 is 1.69. The summed E-state index contributed by atoms with van der Waals surface area (Å²) in [7, 11) is 0. The number of thioether (sulfide) groups is 1. The number of amides is 2. The highest BCUT2D eigenvalue weighted by atomic mass is 32.2. The number of nitrogens with zero attached hydrogens (tertiary/aromatic N) is 2. The minimum absolute atomic E-state index is 0.0369. The largest absolute Gasteiger partial charge is 0.465 e. The SMILES string of the molecule is C=CCCCCOC(=O)[C@@H]1[C@@H]2CC(C)C3(S2)C(C(=O)N(CC=C)c2cc(C)ccc2C)N(CCCCCCO)C(=O)[C@H]13. The molecule has 3 aliphatic rings. The maximum Gasteiger partial charge on any atom is 0.310 e. The van der Waals surface area contributed by atoms with Gasteiger partial charge in [-0.3, -0.25) is 14.4 Å². The van der Waals surface area contributed by atoms with E-state index in [0.717, 1.165) is 68.2 Å². The van der Waals surface area contributed by atoms with E-state index in [1.54, 1.807) is 27.6 Å². The van der Waals surface area contributed by atoms with Crippen molar-refractivity contribution in [2.45, 2.75) is 88.2 Å². The van der Waals surface area contributed by atoms with Crippen molar-refractivity contribution in [3.8, 4) is 0 Å². The minimum Gasteiger partial charge on any atom is -0.465 e. The summed E-state index contributed by atoms with van der Waals surface area (Å²) in [5, 5.41) is 9.18. The fourth-order valence-electron chi connectivity index (χ4n) is 7.31. The highest BCUT2D eigenvalue weighted by Gasteiger charge is 2.76. The first-order valence-electron chi connectivity index (χ1n) is 15.6. The van der Waals surface area contributed by atoms with Crippen LogP contribution in [0.2, 0.25) is 0 Å². The van der Waals surface area contributed by atoms with Gasteiger partial charge in [-0.05, 0) is 75.5 Å². The summed E-state index contributed by atoms with van der Waals surface area (Å²) in [5.74, 6) is -1.52. The number of likely N-dealkylation sites (tertiary alicyclic amines) is 1. The average Bonchev–Trinajstić information content (AvgIpc) is 3.56. The Morgan fingerprint density at radius 2 is 1.90 bits per heavy atom. The van der Waals surface area contributed by atoms with Crippen LogP contribution >= 0.6 is 11.8 Å². The zero-order valence-electron chi connectivity index (χ0n) is 25.6. The van der Waals surface area contributed by atoms with Gasteiger partial charge in [0.1, 0.15) is 6.04 Å². The molecule has 7 nitrogen and oxygen atoms in total. The van der Waals surface area contributed by atoms with Crippen molar-refractivity contribution in [3.63, 3.8) is 0 Å². The first-order chi connectivity index (χ1) is 20.2. The molecule has 2 bridgehead atoms. The van der Waals surface area contributed by atoms with E-state index < -0.39 is 22.6 Å². The van der Waals surface area contributed by atoms with Crippen molar-refractivity contribution in [3.05, 3.63) is 54.6 Å². The molecule has 3 heterocycles.